The van der Waals surface area contributed by atoms with Crippen LogP contribution in [0.4, 0.5) is 0 Å². The van der Waals surface area contributed by atoms with Crippen LogP contribution in [-0.2, 0) is 14.2 Å². The molecule has 2 aliphatic heterocycles. The number of benzene rings is 2. The van der Waals surface area contributed by atoms with Crippen molar-refractivity contribution in [1.82, 2.24) is 4.90 Å². The number of hydrogen-bond donors (Lipinski definition) is 1. The van der Waals surface area contributed by atoms with Crippen molar-refractivity contribution in [3.63, 3.8) is 0 Å². The molecule has 0 amide bonds. The van der Waals surface area contributed by atoms with Crippen molar-refractivity contribution >= 4 is 28.7 Å². The van der Waals surface area contributed by atoms with Crippen LogP contribution in [0.5, 0.6) is 0 Å². The number of esters is 2. The van der Waals surface area contributed by atoms with E-state index in [2.05, 4.69) is 0 Å². The third-order valence-corrected chi connectivity index (χ3v) is 6.49. The third-order valence-electron chi connectivity index (χ3n) is 5.55. The van der Waals surface area contributed by atoms with Crippen LogP contribution in [0.1, 0.15) is 38.3 Å². The first-order valence-electron chi connectivity index (χ1n) is 10.5. The first kappa shape index (κ1) is 22.5. The predicted octanol–water partition coefficient (Wildman–Crippen LogP) is 3.78. The van der Waals surface area contributed by atoms with Crippen LogP contribution in [-0.4, -0.2) is 59.3 Å². The smallest absolute Gasteiger partial charge is 0.338 e. The molecule has 0 unspecified atom stereocenters. The van der Waals surface area contributed by atoms with Crippen LogP contribution in [0.2, 0.25) is 0 Å². The number of aryl methyl sites for hydroxylation is 2. The van der Waals surface area contributed by atoms with Crippen molar-refractivity contribution in [3.05, 3.63) is 70.8 Å². The van der Waals surface area contributed by atoms with Crippen molar-refractivity contribution < 1.29 is 23.8 Å². The number of carbonyl (C=O) groups is 2. The molecule has 2 saturated heterocycles. The lowest BCUT2D eigenvalue weighted by molar-refractivity contribution is -0.0744. The van der Waals surface area contributed by atoms with Gasteiger partial charge < -0.3 is 14.2 Å². The predicted molar refractivity (Wildman–Crippen MR) is 122 cm³/mol. The van der Waals surface area contributed by atoms with E-state index in [1.54, 1.807) is 24.3 Å². The summed E-state index contributed by atoms with van der Waals surface area (Å²) in [4.78, 5) is 27.2. The molecule has 8 heteroatoms. The van der Waals surface area contributed by atoms with E-state index >= 15 is 0 Å². The standard InChI is InChI=1S/C24H26N2O5S/c1-15-3-7-17(8-4-15)23(27)29-13-20-19(11-22(30-20)26-12-21(25)32-14-26)31-24(28)18-9-5-16(2)6-10-18/h3-10,19-20,22,25H,11-14H2,1-2H3/t19-,20+,22-/m0/s1. The number of rotatable bonds is 6. The second-order valence-electron chi connectivity index (χ2n) is 8.08. The van der Waals surface area contributed by atoms with Gasteiger partial charge in [-0.15, -0.1) is 0 Å². The van der Waals surface area contributed by atoms with Gasteiger partial charge in [0.1, 0.15) is 25.0 Å². The molecular formula is C24H26N2O5S. The fourth-order valence-electron chi connectivity index (χ4n) is 3.65. The van der Waals surface area contributed by atoms with Crippen molar-refractivity contribution in [1.29, 1.82) is 5.41 Å². The van der Waals surface area contributed by atoms with E-state index < -0.39 is 24.1 Å². The highest BCUT2D eigenvalue weighted by Crippen LogP contribution is 2.31. The van der Waals surface area contributed by atoms with Crippen molar-refractivity contribution in [2.24, 2.45) is 0 Å². The maximum atomic E-state index is 12.7. The number of nitrogens with one attached hydrogen (secondary N) is 1. The number of hydrogen-bond acceptors (Lipinski definition) is 8. The highest BCUT2D eigenvalue weighted by atomic mass is 32.2. The number of ether oxygens (including phenoxy) is 3. The van der Waals surface area contributed by atoms with E-state index in [1.807, 2.05) is 43.0 Å². The second kappa shape index (κ2) is 9.85. The molecule has 2 heterocycles. The summed E-state index contributed by atoms with van der Waals surface area (Å²) < 4.78 is 17.4. The molecule has 0 saturated carbocycles. The van der Waals surface area contributed by atoms with Crippen LogP contribution < -0.4 is 0 Å². The molecule has 1 N–H and O–H groups in total. The van der Waals surface area contributed by atoms with E-state index in [4.69, 9.17) is 19.6 Å². The molecule has 2 aromatic carbocycles. The Labute approximate surface area is 191 Å². The van der Waals surface area contributed by atoms with E-state index in [9.17, 15) is 9.59 Å². The molecule has 0 aromatic heterocycles. The molecule has 2 aromatic rings. The van der Waals surface area contributed by atoms with Gasteiger partial charge in [0.05, 0.1) is 22.0 Å². The lowest BCUT2D eigenvalue weighted by atomic mass is 10.1. The Morgan fingerprint density at radius 2 is 1.62 bits per heavy atom. The highest BCUT2D eigenvalue weighted by molar-refractivity contribution is 8.14. The van der Waals surface area contributed by atoms with Gasteiger partial charge in [0.15, 0.2) is 0 Å². The average molecular weight is 455 g/mol. The summed E-state index contributed by atoms with van der Waals surface area (Å²) in [6.45, 7) is 4.39. The Morgan fingerprint density at radius 3 is 2.19 bits per heavy atom. The van der Waals surface area contributed by atoms with Crippen molar-refractivity contribution in [2.45, 2.75) is 38.7 Å². The zero-order valence-electron chi connectivity index (χ0n) is 18.1. The Hall–Kier alpha value is -2.68. The molecule has 7 nitrogen and oxygen atoms in total. The van der Waals surface area contributed by atoms with Gasteiger partial charge in [0, 0.05) is 13.0 Å². The third kappa shape index (κ3) is 5.38. The van der Waals surface area contributed by atoms with E-state index in [0.29, 0.717) is 35.0 Å². The fourth-order valence-corrected chi connectivity index (χ4v) is 4.49. The second-order valence-corrected chi connectivity index (χ2v) is 9.12. The van der Waals surface area contributed by atoms with Crippen LogP contribution in [0.3, 0.4) is 0 Å². The van der Waals surface area contributed by atoms with Crippen LogP contribution in [0.25, 0.3) is 0 Å². The fraction of sp³-hybridized carbons (Fsp3) is 0.375. The minimum Gasteiger partial charge on any atom is -0.459 e. The van der Waals surface area contributed by atoms with Gasteiger partial charge in [0.2, 0.25) is 0 Å². The van der Waals surface area contributed by atoms with Gasteiger partial charge in [-0.2, -0.15) is 0 Å². The number of thioether (sulfide) groups is 1. The molecular weight excluding hydrogens is 428 g/mol. The molecule has 3 atom stereocenters. The monoisotopic (exact) mass is 454 g/mol. The van der Waals surface area contributed by atoms with Crippen LogP contribution >= 0.6 is 11.8 Å². The summed E-state index contributed by atoms with van der Waals surface area (Å²) in [7, 11) is 0. The van der Waals surface area contributed by atoms with Crippen LogP contribution in [0.15, 0.2) is 48.5 Å². The maximum Gasteiger partial charge on any atom is 0.338 e. The lowest BCUT2D eigenvalue weighted by Gasteiger charge is -2.21. The molecule has 0 radical (unpaired) electrons. The Bertz CT molecular complexity index is 992. The normalized spacial score (nSPS) is 23.3. The molecule has 0 bridgehead atoms. The van der Waals surface area contributed by atoms with E-state index in [0.717, 1.165) is 11.1 Å². The maximum absolute atomic E-state index is 12.7. The van der Waals surface area contributed by atoms with E-state index in [1.165, 1.54) is 11.8 Å². The molecule has 0 spiro atoms. The summed E-state index contributed by atoms with van der Waals surface area (Å²) in [5.74, 6) is -0.227. The van der Waals surface area contributed by atoms with Crippen LogP contribution in [0, 0.1) is 19.3 Å². The summed E-state index contributed by atoms with van der Waals surface area (Å²) in [6, 6.07) is 14.3. The molecule has 32 heavy (non-hydrogen) atoms. The van der Waals surface area contributed by atoms with Gasteiger partial charge in [-0.25, -0.2) is 9.59 Å². The topological polar surface area (TPSA) is 88.9 Å². The first-order valence-corrected chi connectivity index (χ1v) is 11.5. The lowest BCUT2D eigenvalue weighted by Crippen LogP contribution is -2.34. The van der Waals surface area contributed by atoms with Gasteiger partial charge in [-0.1, -0.05) is 47.2 Å². The minimum atomic E-state index is -0.580. The Morgan fingerprint density at radius 1 is 1.03 bits per heavy atom. The summed E-state index contributed by atoms with van der Waals surface area (Å²) in [5, 5.41) is 8.42. The molecule has 4 rings (SSSR count). The largest absolute Gasteiger partial charge is 0.459 e. The zero-order chi connectivity index (χ0) is 22.7. The molecule has 2 aliphatic rings. The minimum absolute atomic E-state index is 0.0204. The highest BCUT2D eigenvalue weighted by Gasteiger charge is 2.42. The van der Waals surface area contributed by atoms with Crippen molar-refractivity contribution in [2.75, 3.05) is 19.0 Å². The van der Waals surface area contributed by atoms with E-state index in [-0.39, 0.29) is 12.8 Å². The SMILES string of the molecule is Cc1ccc(C(=O)OC[C@H]2O[C@H](N3CSC(=N)C3)C[C@@H]2OC(=O)c2ccc(C)cc2)cc1. The quantitative estimate of drug-likeness (QED) is 0.665. The molecule has 168 valence electrons. The average Bonchev–Trinajstić information content (AvgIpc) is 3.39. The van der Waals surface area contributed by atoms with Crippen molar-refractivity contribution in [3.8, 4) is 0 Å². The molecule has 0 aliphatic carbocycles. The van der Waals surface area contributed by atoms with Gasteiger partial charge in [0.25, 0.3) is 0 Å². The van der Waals surface area contributed by atoms with Gasteiger partial charge in [-0.05, 0) is 38.1 Å². The summed E-state index contributed by atoms with van der Waals surface area (Å²) >= 11 is 1.46. The first-order chi connectivity index (χ1) is 15.4. The van der Waals surface area contributed by atoms with Gasteiger partial charge in [-0.3, -0.25) is 10.3 Å². The van der Waals surface area contributed by atoms with Gasteiger partial charge >= 0.3 is 11.9 Å². The number of carbonyl (C=O) groups excluding carboxylic acids is 2. The Balaban J connectivity index is 1.43. The molecule has 2 fully saturated rings. The summed E-state index contributed by atoms with van der Waals surface area (Å²) in [6.07, 6.45) is -0.981. The zero-order valence-corrected chi connectivity index (χ0v) is 18.9. The Kier molecular flexibility index (Phi) is 6.93. The number of nitrogens with zero attached hydrogens (tertiary/aromatic N) is 1. The summed E-state index contributed by atoms with van der Waals surface area (Å²) in [5.41, 5.74) is 3.04.